The van der Waals surface area contributed by atoms with Crippen molar-refractivity contribution in [3.05, 3.63) is 35.8 Å². The van der Waals surface area contributed by atoms with Crippen LogP contribution in [0.4, 0.5) is 0 Å². The first kappa shape index (κ1) is 14.2. The van der Waals surface area contributed by atoms with Crippen LogP contribution in [-0.4, -0.2) is 21.0 Å². The molecular weight excluding hydrogens is 252 g/mol. The molecule has 0 aliphatic heterocycles. The van der Waals surface area contributed by atoms with Crippen molar-refractivity contribution in [2.75, 3.05) is 0 Å². The summed E-state index contributed by atoms with van der Waals surface area (Å²) in [5, 5.41) is 4.14. The minimum Gasteiger partial charge on any atom is -0.295 e. The van der Waals surface area contributed by atoms with Crippen LogP contribution in [0, 0.1) is 6.92 Å². The average Bonchev–Trinajstić information content (AvgIpc) is 2.78. The molecule has 0 aliphatic rings. The lowest BCUT2D eigenvalue weighted by Gasteiger charge is -2.03. The van der Waals surface area contributed by atoms with E-state index in [0.29, 0.717) is 11.4 Å². The zero-order valence-corrected chi connectivity index (χ0v) is 12.2. The van der Waals surface area contributed by atoms with Gasteiger partial charge in [0.25, 0.3) is 5.91 Å². The quantitative estimate of drug-likeness (QED) is 0.672. The number of unbranched alkanes of at least 4 members (excludes halogenated alkanes) is 1. The molecule has 0 radical (unpaired) electrons. The molecule has 0 aliphatic carbocycles. The standard InChI is InChI=1S/C15H20N4O/c1-4-5-8-11(2)17-18-15(20)14-12(3)16-13-9-6-7-10-19(13)14/h6-7,9-10H,4-5,8H2,1-3H3,(H,18,20)/b17-11+. The first-order valence-corrected chi connectivity index (χ1v) is 6.90. The summed E-state index contributed by atoms with van der Waals surface area (Å²) in [4.78, 5) is 16.6. The van der Waals surface area contributed by atoms with Crippen LogP contribution >= 0.6 is 0 Å². The van der Waals surface area contributed by atoms with Crippen molar-refractivity contribution in [1.82, 2.24) is 14.8 Å². The van der Waals surface area contributed by atoms with E-state index in [4.69, 9.17) is 0 Å². The minimum atomic E-state index is -0.225. The number of hydrogen-bond acceptors (Lipinski definition) is 3. The summed E-state index contributed by atoms with van der Waals surface area (Å²) < 4.78 is 1.78. The Kier molecular flexibility index (Phi) is 4.50. The molecule has 2 aromatic rings. The molecule has 0 unspecified atom stereocenters. The molecule has 5 heteroatoms. The van der Waals surface area contributed by atoms with Crippen LogP contribution < -0.4 is 5.43 Å². The molecule has 0 atom stereocenters. The third-order valence-electron chi connectivity index (χ3n) is 3.16. The van der Waals surface area contributed by atoms with Gasteiger partial charge in [-0.25, -0.2) is 10.4 Å². The zero-order chi connectivity index (χ0) is 14.5. The summed E-state index contributed by atoms with van der Waals surface area (Å²) >= 11 is 0. The number of rotatable bonds is 5. The molecule has 0 saturated heterocycles. The topological polar surface area (TPSA) is 58.8 Å². The number of nitrogens with one attached hydrogen (secondary N) is 1. The maximum atomic E-state index is 12.2. The third kappa shape index (κ3) is 3.04. The Hall–Kier alpha value is -2.17. The lowest BCUT2D eigenvalue weighted by atomic mass is 10.2. The Morgan fingerprint density at radius 3 is 3.00 bits per heavy atom. The van der Waals surface area contributed by atoms with E-state index in [1.54, 1.807) is 4.40 Å². The van der Waals surface area contributed by atoms with Gasteiger partial charge in [0.2, 0.25) is 0 Å². The van der Waals surface area contributed by atoms with Crippen LogP contribution in [0.15, 0.2) is 29.5 Å². The zero-order valence-electron chi connectivity index (χ0n) is 12.2. The SMILES string of the molecule is CCCC/C(C)=N/NC(=O)c1c(C)nc2ccccn12. The number of aryl methyl sites for hydroxylation is 1. The third-order valence-corrected chi connectivity index (χ3v) is 3.16. The van der Waals surface area contributed by atoms with Crippen molar-refractivity contribution in [1.29, 1.82) is 0 Å². The van der Waals surface area contributed by atoms with Crippen molar-refractivity contribution in [2.24, 2.45) is 5.10 Å². The van der Waals surface area contributed by atoms with Gasteiger partial charge in [-0.2, -0.15) is 5.10 Å². The van der Waals surface area contributed by atoms with Crippen molar-refractivity contribution in [3.8, 4) is 0 Å². The molecule has 1 amide bonds. The summed E-state index contributed by atoms with van der Waals surface area (Å²) in [5.74, 6) is -0.225. The second-order valence-electron chi connectivity index (χ2n) is 4.87. The molecule has 0 aromatic carbocycles. The molecule has 0 bridgehead atoms. The van der Waals surface area contributed by atoms with Crippen LogP contribution in [-0.2, 0) is 0 Å². The monoisotopic (exact) mass is 272 g/mol. The smallest absolute Gasteiger partial charge is 0.290 e. The number of nitrogens with zero attached hydrogens (tertiary/aromatic N) is 3. The highest BCUT2D eigenvalue weighted by atomic mass is 16.2. The molecule has 2 rings (SSSR count). The number of carbonyl (C=O) groups is 1. The van der Waals surface area contributed by atoms with Crippen LogP contribution in [0.3, 0.4) is 0 Å². The number of fused-ring (bicyclic) bond motifs is 1. The Balaban J connectivity index is 2.17. The lowest BCUT2D eigenvalue weighted by molar-refractivity contribution is 0.0948. The second kappa shape index (κ2) is 6.32. The maximum absolute atomic E-state index is 12.2. The first-order chi connectivity index (χ1) is 9.63. The molecule has 106 valence electrons. The lowest BCUT2D eigenvalue weighted by Crippen LogP contribution is -2.21. The Bertz CT molecular complexity index is 642. The fraction of sp³-hybridized carbons (Fsp3) is 0.400. The Morgan fingerprint density at radius 1 is 1.45 bits per heavy atom. The van der Waals surface area contributed by atoms with E-state index in [1.807, 2.05) is 38.2 Å². The van der Waals surface area contributed by atoms with E-state index in [0.717, 1.165) is 30.6 Å². The molecular formula is C15H20N4O. The molecule has 5 nitrogen and oxygen atoms in total. The van der Waals surface area contributed by atoms with Gasteiger partial charge in [0, 0.05) is 11.9 Å². The van der Waals surface area contributed by atoms with E-state index < -0.39 is 0 Å². The predicted octanol–water partition coefficient (Wildman–Crippen LogP) is 2.94. The van der Waals surface area contributed by atoms with Gasteiger partial charge in [0.05, 0.1) is 5.69 Å². The van der Waals surface area contributed by atoms with E-state index in [1.165, 1.54) is 0 Å². The Labute approximate surface area is 118 Å². The van der Waals surface area contributed by atoms with Crippen molar-refractivity contribution in [3.63, 3.8) is 0 Å². The minimum absolute atomic E-state index is 0.225. The first-order valence-electron chi connectivity index (χ1n) is 6.90. The van der Waals surface area contributed by atoms with E-state index in [-0.39, 0.29) is 5.91 Å². The molecule has 20 heavy (non-hydrogen) atoms. The van der Waals surface area contributed by atoms with Crippen LogP contribution in [0.2, 0.25) is 0 Å². The molecule has 2 heterocycles. The summed E-state index contributed by atoms with van der Waals surface area (Å²) in [7, 11) is 0. The largest absolute Gasteiger partial charge is 0.295 e. The average molecular weight is 272 g/mol. The van der Waals surface area contributed by atoms with E-state index in [2.05, 4.69) is 22.4 Å². The van der Waals surface area contributed by atoms with E-state index >= 15 is 0 Å². The number of hydrazone groups is 1. The molecule has 0 spiro atoms. The highest BCUT2D eigenvalue weighted by Crippen LogP contribution is 2.11. The fourth-order valence-electron chi connectivity index (χ4n) is 2.07. The Morgan fingerprint density at radius 2 is 2.25 bits per heavy atom. The molecule has 1 N–H and O–H groups in total. The number of carbonyl (C=O) groups excluding carboxylic acids is 1. The van der Waals surface area contributed by atoms with Crippen molar-refractivity contribution in [2.45, 2.75) is 40.0 Å². The second-order valence-corrected chi connectivity index (χ2v) is 4.87. The number of amides is 1. The van der Waals surface area contributed by atoms with Gasteiger partial charge in [-0.05, 0) is 38.8 Å². The number of imidazole rings is 1. The maximum Gasteiger partial charge on any atom is 0.290 e. The van der Waals surface area contributed by atoms with E-state index in [9.17, 15) is 4.79 Å². The van der Waals surface area contributed by atoms with Crippen LogP contribution in [0.5, 0.6) is 0 Å². The number of pyridine rings is 1. The van der Waals surface area contributed by atoms with Gasteiger partial charge < -0.3 is 0 Å². The van der Waals surface area contributed by atoms with Crippen LogP contribution in [0.1, 0.15) is 49.3 Å². The van der Waals surface area contributed by atoms with Gasteiger partial charge in [-0.15, -0.1) is 0 Å². The molecule has 0 fully saturated rings. The van der Waals surface area contributed by atoms with Gasteiger partial charge in [-0.3, -0.25) is 9.20 Å². The fourth-order valence-corrected chi connectivity index (χ4v) is 2.07. The van der Waals surface area contributed by atoms with Gasteiger partial charge >= 0.3 is 0 Å². The molecule has 0 saturated carbocycles. The van der Waals surface area contributed by atoms with Crippen LogP contribution in [0.25, 0.3) is 5.65 Å². The van der Waals surface area contributed by atoms with Gasteiger partial charge in [0.1, 0.15) is 11.3 Å². The molecule has 2 aromatic heterocycles. The summed E-state index contributed by atoms with van der Waals surface area (Å²) in [5.41, 5.74) is 5.56. The van der Waals surface area contributed by atoms with Gasteiger partial charge in [-0.1, -0.05) is 19.4 Å². The highest BCUT2D eigenvalue weighted by Gasteiger charge is 2.15. The summed E-state index contributed by atoms with van der Waals surface area (Å²) in [6.45, 7) is 5.89. The predicted molar refractivity (Wildman–Crippen MR) is 80.0 cm³/mol. The normalized spacial score (nSPS) is 11.8. The van der Waals surface area contributed by atoms with Gasteiger partial charge in [0.15, 0.2) is 0 Å². The van der Waals surface area contributed by atoms with Crippen molar-refractivity contribution < 1.29 is 4.79 Å². The highest BCUT2D eigenvalue weighted by molar-refractivity contribution is 5.95. The van der Waals surface area contributed by atoms with Crippen molar-refractivity contribution >= 4 is 17.3 Å². The summed E-state index contributed by atoms with van der Waals surface area (Å²) in [6.07, 6.45) is 4.94. The number of hydrogen-bond donors (Lipinski definition) is 1. The summed E-state index contributed by atoms with van der Waals surface area (Å²) in [6, 6.07) is 5.65. The number of aromatic nitrogens is 2.